The van der Waals surface area contributed by atoms with Gasteiger partial charge in [-0.2, -0.15) is 0 Å². The predicted molar refractivity (Wildman–Crippen MR) is 127 cm³/mol. The van der Waals surface area contributed by atoms with Gasteiger partial charge in [-0.25, -0.2) is 0 Å². The number of para-hydroxylation sites is 1. The molecule has 166 valence electrons. The highest BCUT2D eigenvalue weighted by Crippen LogP contribution is 2.45. The molecular weight excluding hydrogens is 414 g/mol. The fourth-order valence-corrected chi connectivity index (χ4v) is 4.86. The van der Waals surface area contributed by atoms with E-state index in [9.17, 15) is 14.4 Å². The molecule has 3 aromatic rings. The van der Waals surface area contributed by atoms with Gasteiger partial charge in [-0.1, -0.05) is 54.6 Å². The Kier molecular flexibility index (Phi) is 5.01. The first-order valence-corrected chi connectivity index (χ1v) is 11.1. The Labute approximate surface area is 192 Å². The molecule has 6 nitrogen and oxygen atoms in total. The number of fused-ring (bicyclic) bond motifs is 3. The average Bonchev–Trinajstić information content (AvgIpc) is 3.18. The van der Waals surface area contributed by atoms with Crippen molar-refractivity contribution >= 4 is 29.1 Å². The van der Waals surface area contributed by atoms with E-state index in [-0.39, 0.29) is 37.1 Å². The monoisotopic (exact) mass is 439 g/mol. The molecule has 33 heavy (non-hydrogen) atoms. The van der Waals surface area contributed by atoms with Gasteiger partial charge in [0.05, 0.1) is 11.3 Å². The van der Waals surface area contributed by atoms with E-state index in [1.54, 1.807) is 29.2 Å². The zero-order valence-corrected chi connectivity index (χ0v) is 18.7. The van der Waals surface area contributed by atoms with Crippen molar-refractivity contribution in [1.82, 2.24) is 4.90 Å². The van der Waals surface area contributed by atoms with Gasteiger partial charge in [0.1, 0.15) is 0 Å². The molecule has 1 saturated heterocycles. The fraction of sp³-hybridized carbons (Fsp3) is 0.222. The standard InChI is InChI=1S/C27H25N3O3/c1-18-12-13-19(2)22(16-18)28-26(33)27-15-14-24(31)30(27)23-11-7-6-10-21(23)25(32)29(27)17-20-8-4-3-5-9-20/h3-13,16H,14-15,17H2,1-2H3,(H,28,33). The van der Waals surface area contributed by atoms with Gasteiger partial charge in [0, 0.05) is 25.1 Å². The van der Waals surface area contributed by atoms with Gasteiger partial charge >= 0.3 is 0 Å². The van der Waals surface area contributed by atoms with Crippen molar-refractivity contribution in [2.75, 3.05) is 10.2 Å². The van der Waals surface area contributed by atoms with Crippen LogP contribution in [0, 0.1) is 13.8 Å². The highest BCUT2D eigenvalue weighted by atomic mass is 16.2. The molecule has 5 rings (SSSR count). The van der Waals surface area contributed by atoms with Crippen LogP contribution in [0.2, 0.25) is 0 Å². The zero-order valence-electron chi connectivity index (χ0n) is 18.7. The molecule has 0 aliphatic carbocycles. The maximum Gasteiger partial charge on any atom is 0.271 e. The summed E-state index contributed by atoms with van der Waals surface area (Å²) in [5.41, 5.74) is 2.99. The summed E-state index contributed by atoms with van der Waals surface area (Å²) < 4.78 is 0. The van der Waals surface area contributed by atoms with Gasteiger partial charge in [0.15, 0.2) is 0 Å². The van der Waals surface area contributed by atoms with Crippen LogP contribution in [0.1, 0.15) is 39.9 Å². The lowest BCUT2D eigenvalue weighted by molar-refractivity contribution is -0.129. The molecule has 2 aliphatic rings. The molecule has 3 aromatic carbocycles. The Morgan fingerprint density at radius 3 is 2.48 bits per heavy atom. The third kappa shape index (κ3) is 3.30. The Morgan fingerprint density at radius 2 is 1.70 bits per heavy atom. The van der Waals surface area contributed by atoms with Gasteiger partial charge in [-0.05, 0) is 48.7 Å². The third-order valence-electron chi connectivity index (χ3n) is 6.56. The second kappa shape index (κ2) is 7.89. The first-order chi connectivity index (χ1) is 15.9. The summed E-state index contributed by atoms with van der Waals surface area (Å²) in [6.45, 7) is 4.10. The Bertz CT molecular complexity index is 1270. The van der Waals surface area contributed by atoms with Crippen molar-refractivity contribution in [3.8, 4) is 0 Å². The lowest BCUT2D eigenvalue weighted by atomic mass is 9.94. The van der Waals surface area contributed by atoms with E-state index in [2.05, 4.69) is 5.32 Å². The quantitative estimate of drug-likeness (QED) is 0.654. The number of aryl methyl sites for hydroxylation is 2. The van der Waals surface area contributed by atoms with Crippen LogP contribution in [0.25, 0.3) is 0 Å². The molecule has 1 atom stereocenters. The number of hydrogen-bond acceptors (Lipinski definition) is 3. The summed E-state index contributed by atoms with van der Waals surface area (Å²) in [4.78, 5) is 44.1. The molecule has 0 radical (unpaired) electrons. The normalized spacial score (nSPS) is 19.3. The van der Waals surface area contributed by atoms with E-state index in [1.807, 2.05) is 62.4 Å². The molecule has 1 unspecified atom stereocenters. The van der Waals surface area contributed by atoms with E-state index >= 15 is 0 Å². The van der Waals surface area contributed by atoms with Crippen LogP contribution in [0.5, 0.6) is 0 Å². The van der Waals surface area contributed by atoms with Crippen molar-refractivity contribution in [2.45, 2.75) is 38.9 Å². The highest BCUT2D eigenvalue weighted by molar-refractivity contribution is 6.18. The lowest BCUT2D eigenvalue weighted by Crippen LogP contribution is -2.69. The predicted octanol–water partition coefficient (Wildman–Crippen LogP) is 4.42. The Morgan fingerprint density at radius 1 is 0.970 bits per heavy atom. The molecule has 2 aliphatic heterocycles. The van der Waals surface area contributed by atoms with Crippen LogP contribution in [0.15, 0.2) is 72.8 Å². The molecule has 0 spiro atoms. The summed E-state index contributed by atoms with van der Waals surface area (Å²) in [7, 11) is 0. The van der Waals surface area contributed by atoms with Crippen molar-refractivity contribution in [3.63, 3.8) is 0 Å². The topological polar surface area (TPSA) is 69.7 Å². The van der Waals surface area contributed by atoms with E-state index in [0.29, 0.717) is 16.9 Å². The van der Waals surface area contributed by atoms with Gasteiger partial charge in [-0.15, -0.1) is 0 Å². The van der Waals surface area contributed by atoms with Crippen LogP contribution in [-0.4, -0.2) is 28.3 Å². The number of amides is 3. The number of anilines is 2. The SMILES string of the molecule is Cc1ccc(C)c(NC(=O)C23CCC(=O)N2c2ccccc2C(=O)N3Cc2ccccc2)c1. The van der Waals surface area contributed by atoms with Crippen molar-refractivity contribution in [2.24, 2.45) is 0 Å². The van der Waals surface area contributed by atoms with Gasteiger partial charge in [0.2, 0.25) is 11.6 Å². The molecule has 0 aromatic heterocycles. The van der Waals surface area contributed by atoms with Crippen LogP contribution >= 0.6 is 0 Å². The summed E-state index contributed by atoms with van der Waals surface area (Å²) in [5, 5.41) is 3.04. The maximum absolute atomic E-state index is 14.0. The van der Waals surface area contributed by atoms with Crippen LogP contribution in [0.4, 0.5) is 11.4 Å². The minimum absolute atomic E-state index is 0.163. The second-order valence-corrected chi connectivity index (χ2v) is 8.71. The molecule has 0 bridgehead atoms. The fourth-order valence-electron chi connectivity index (χ4n) is 4.86. The average molecular weight is 440 g/mol. The third-order valence-corrected chi connectivity index (χ3v) is 6.56. The number of carbonyl (C=O) groups excluding carboxylic acids is 3. The van der Waals surface area contributed by atoms with Crippen molar-refractivity contribution in [3.05, 3.63) is 95.1 Å². The first kappa shape index (κ1) is 20.9. The minimum atomic E-state index is -1.44. The smallest absolute Gasteiger partial charge is 0.271 e. The van der Waals surface area contributed by atoms with E-state index < -0.39 is 5.66 Å². The molecule has 6 heteroatoms. The number of benzene rings is 3. The summed E-state index contributed by atoms with van der Waals surface area (Å²) in [6.07, 6.45) is 0.419. The molecule has 1 fully saturated rings. The van der Waals surface area contributed by atoms with Crippen LogP contribution in [0.3, 0.4) is 0 Å². The number of hydrogen-bond donors (Lipinski definition) is 1. The van der Waals surface area contributed by atoms with E-state index in [0.717, 1.165) is 16.7 Å². The maximum atomic E-state index is 14.0. The van der Waals surface area contributed by atoms with Crippen molar-refractivity contribution in [1.29, 1.82) is 0 Å². The van der Waals surface area contributed by atoms with E-state index in [4.69, 9.17) is 0 Å². The van der Waals surface area contributed by atoms with Gasteiger partial charge in [-0.3, -0.25) is 19.3 Å². The number of nitrogens with zero attached hydrogens (tertiary/aromatic N) is 2. The summed E-state index contributed by atoms with van der Waals surface area (Å²) >= 11 is 0. The molecule has 3 amide bonds. The first-order valence-electron chi connectivity index (χ1n) is 11.1. The largest absolute Gasteiger partial charge is 0.322 e. The molecule has 2 heterocycles. The van der Waals surface area contributed by atoms with Gasteiger partial charge in [0.25, 0.3) is 11.8 Å². The summed E-state index contributed by atoms with van der Waals surface area (Å²) in [6, 6.07) is 22.4. The van der Waals surface area contributed by atoms with Gasteiger partial charge < -0.3 is 10.2 Å². The molecule has 0 saturated carbocycles. The minimum Gasteiger partial charge on any atom is -0.322 e. The number of nitrogens with one attached hydrogen (secondary N) is 1. The molecular formula is C27H25N3O3. The van der Waals surface area contributed by atoms with Crippen LogP contribution in [-0.2, 0) is 16.1 Å². The van der Waals surface area contributed by atoms with E-state index in [1.165, 1.54) is 4.90 Å². The zero-order chi connectivity index (χ0) is 23.2. The lowest BCUT2D eigenvalue weighted by Gasteiger charge is -2.49. The Hall–Kier alpha value is -3.93. The van der Waals surface area contributed by atoms with Crippen LogP contribution < -0.4 is 10.2 Å². The number of rotatable bonds is 4. The highest BCUT2D eigenvalue weighted by Gasteiger charge is 2.60. The Balaban J connectivity index is 1.66. The number of carbonyl (C=O) groups is 3. The summed E-state index contributed by atoms with van der Waals surface area (Å²) in [5.74, 6) is -0.790. The molecule has 1 N–H and O–H groups in total. The van der Waals surface area contributed by atoms with Crippen molar-refractivity contribution < 1.29 is 14.4 Å². The second-order valence-electron chi connectivity index (χ2n) is 8.71.